The molecule has 0 radical (unpaired) electrons. The SMILES string of the molecule is CCOC(=O)c1cnc(SC(C)C(=O)NC(c2ccccc2)c2ccccc2)nc1N. The fourth-order valence-electron chi connectivity index (χ4n) is 2.92. The first kappa shape index (κ1) is 22.3. The van der Waals surface area contributed by atoms with Gasteiger partial charge in [0.2, 0.25) is 5.91 Å². The second kappa shape index (κ2) is 10.6. The van der Waals surface area contributed by atoms with Crippen LogP contribution in [0.2, 0.25) is 0 Å². The highest BCUT2D eigenvalue weighted by Crippen LogP contribution is 2.25. The molecule has 8 heteroatoms. The van der Waals surface area contributed by atoms with E-state index >= 15 is 0 Å². The standard InChI is InChI=1S/C23H24N4O3S/c1-3-30-22(29)18-14-25-23(27-20(18)24)31-15(2)21(28)26-19(16-10-6-4-7-11-16)17-12-8-5-9-13-17/h4-15,19H,3H2,1-2H3,(H,26,28)(H2,24,25,27). The number of hydrogen-bond acceptors (Lipinski definition) is 7. The highest BCUT2D eigenvalue weighted by molar-refractivity contribution is 8.00. The number of nitrogens with zero attached hydrogens (tertiary/aromatic N) is 2. The first-order chi connectivity index (χ1) is 15.0. The molecule has 3 aromatic rings. The number of nitrogens with two attached hydrogens (primary N) is 1. The molecule has 31 heavy (non-hydrogen) atoms. The van der Waals surface area contributed by atoms with Crippen molar-refractivity contribution in [2.24, 2.45) is 0 Å². The van der Waals surface area contributed by atoms with Crippen molar-refractivity contribution in [2.45, 2.75) is 30.3 Å². The highest BCUT2D eigenvalue weighted by atomic mass is 32.2. The number of benzene rings is 2. The summed E-state index contributed by atoms with van der Waals surface area (Å²) in [6.07, 6.45) is 1.32. The third kappa shape index (κ3) is 5.82. The number of esters is 1. The van der Waals surface area contributed by atoms with Gasteiger partial charge in [0.1, 0.15) is 11.4 Å². The van der Waals surface area contributed by atoms with E-state index in [1.54, 1.807) is 13.8 Å². The summed E-state index contributed by atoms with van der Waals surface area (Å²) in [5, 5.41) is 2.94. The summed E-state index contributed by atoms with van der Waals surface area (Å²) in [6.45, 7) is 3.71. The molecule has 0 saturated carbocycles. The van der Waals surface area contributed by atoms with Gasteiger partial charge < -0.3 is 15.8 Å². The molecule has 3 N–H and O–H groups in total. The Hall–Kier alpha value is -3.39. The second-order valence-corrected chi connectivity index (χ2v) is 8.00. The molecule has 0 bridgehead atoms. The number of anilines is 1. The second-order valence-electron chi connectivity index (χ2n) is 6.70. The van der Waals surface area contributed by atoms with E-state index in [4.69, 9.17) is 10.5 Å². The number of carbonyl (C=O) groups is 2. The van der Waals surface area contributed by atoms with Gasteiger partial charge in [-0.15, -0.1) is 0 Å². The van der Waals surface area contributed by atoms with Gasteiger partial charge in [-0.25, -0.2) is 14.8 Å². The summed E-state index contributed by atoms with van der Waals surface area (Å²) < 4.78 is 4.93. The van der Waals surface area contributed by atoms with Gasteiger partial charge in [0, 0.05) is 6.20 Å². The van der Waals surface area contributed by atoms with Gasteiger partial charge in [-0.3, -0.25) is 4.79 Å². The van der Waals surface area contributed by atoms with Crippen molar-refractivity contribution >= 4 is 29.5 Å². The molecular weight excluding hydrogens is 412 g/mol. The van der Waals surface area contributed by atoms with Gasteiger partial charge in [0.25, 0.3) is 0 Å². The minimum absolute atomic E-state index is 0.0232. The summed E-state index contributed by atoms with van der Waals surface area (Å²) in [4.78, 5) is 33.1. The Balaban J connectivity index is 1.73. The van der Waals surface area contributed by atoms with Crippen molar-refractivity contribution in [3.05, 3.63) is 83.6 Å². The Morgan fingerprint density at radius 3 is 2.16 bits per heavy atom. The predicted molar refractivity (Wildman–Crippen MR) is 121 cm³/mol. The van der Waals surface area contributed by atoms with E-state index in [1.165, 1.54) is 18.0 Å². The first-order valence-electron chi connectivity index (χ1n) is 9.86. The van der Waals surface area contributed by atoms with Crippen molar-refractivity contribution in [3.63, 3.8) is 0 Å². The molecule has 0 fully saturated rings. The molecule has 0 aliphatic heterocycles. The topological polar surface area (TPSA) is 107 Å². The smallest absolute Gasteiger partial charge is 0.343 e. The molecule has 1 atom stereocenters. The van der Waals surface area contributed by atoms with Crippen LogP contribution < -0.4 is 11.1 Å². The van der Waals surface area contributed by atoms with Crippen LogP contribution in [0, 0.1) is 0 Å². The van der Waals surface area contributed by atoms with Gasteiger partial charge in [0.15, 0.2) is 5.16 Å². The Labute approximate surface area is 185 Å². The van der Waals surface area contributed by atoms with Crippen LogP contribution >= 0.6 is 11.8 Å². The normalized spacial score (nSPS) is 11.7. The summed E-state index contributed by atoms with van der Waals surface area (Å²) in [7, 11) is 0. The van der Waals surface area contributed by atoms with Gasteiger partial charge in [-0.05, 0) is 25.0 Å². The third-order valence-corrected chi connectivity index (χ3v) is 5.47. The Morgan fingerprint density at radius 1 is 1.06 bits per heavy atom. The number of carbonyl (C=O) groups excluding carboxylic acids is 2. The van der Waals surface area contributed by atoms with E-state index in [-0.39, 0.29) is 29.9 Å². The molecule has 2 aromatic carbocycles. The van der Waals surface area contributed by atoms with E-state index in [2.05, 4.69) is 15.3 Å². The van der Waals surface area contributed by atoms with Crippen molar-refractivity contribution in [3.8, 4) is 0 Å². The van der Waals surface area contributed by atoms with Gasteiger partial charge in [-0.2, -0.15) is 0 Å². The quantitative estimate of drug-likeness (QED) is 0.315. The lowest BCUT2D eigenvalue weighted by Crippen LogP contribution is -2.35. The zero-order valence-electron chi connectivity index (χ0n) is 17.3. The van der Waals surface area contributed by atoms with Crippen LogP contribution in [0.3, 0.4) is 0 Å². The molecule has 0 spiro atoms. The number of nitrogen functional groups attached to an aromatic ring is 1. The Morgan fingerprint density at radius 2 is 1.65 bits per heavy atom. The van der Waals surface area contributed by atoms with Crippen LogP contribution in [0.1, 0.15) is 41.4 Å². The Bertz CT molecular complexity index is 992. The maximum Gasteiger partial charge on any atom is 0.343 e. The number of rotatable bonds is 8. The fourth-order valence-corrected chi connectivity index (χ4v) is 3.68. The first-order valence-corrected chi connectivity index (χ1v) is 10.7. The van der Waals surface area contributed by atoms with Crippen LogP contribution in [-0.2, 0) is 9.53 Å². The summed E-state index contributed by atoms with van der Waals surface area (Å²) in [5.41, 5.74) is 7.95. The molecule has 1 amide bonds. The zero-order chi connectivity index (χ0) is 22.2. The fraction of sp³-hybridized carbons (Fsp3) is 0.217. The van der Waals surface area contributed by atoms with Crippen LogP contribution in [0.15, 0.2) is 72.0 Å². The Kier molecular flexibility index (Phi) is 7.61. The minimum atomic E-state index is -0.573. The lowest BCUT2D eigenvalue weighted by Gasteiger charge is -2.22. The number of amides is 1. The number of thioether (sulfide) groups is 1. The molecule has 0 saturated heterocycles. The van der Waals surface area contributed by atoms with Crippen molar-refractivity contribution in [1.29, 1.82) is 0 Å². The molecule has 1 aromatic heterocycles. The molecular formula is C23H24N4O3S. The van der Waals surface area contributed by atoms with Crippen molar-refractivity contribution < 1.29 is 14.3 Å². The molecule has 160 valence electrons. The van der Waals surface area contributed by atoms with Crippen molar-refractivity contribution in [2.75, 3.05) is 12.3 Å². The van der Waals surface area contributed by atoms with E-state index in [9.17, 15) is 9.59 Å². The van der Waals surface area contributed by atoms with Crippen LogP contribution in [0.25, 0.3) is 0 Å². The van der Waals surface area contributed by atoms with Crippen LogP contribution in [0.5, 0.6) is 0 Å². The molecule has 7 nitrogen and oxygen atoms in total. The number of ether oxygens (including phenoxy) is 1. The minimum Gasteiger partial charge on any atom is -0.462 e. The largest absolute Gasteiger partial charge is 0.462 e. The number of nitrogens with one attached hydrogen (secondary N) is 1. The van der Waals surface area contributed by atoms with E-state index in [1.807, 2.05) is 60.7 Å². The number of aromatic nitrogens is 2. The average Bonchev–Trinajstić information content (AvgIpc) is 2.78. The summed E-state index contributed by atoms with van der Waals surface area (Å²) >= 11 is 1.17. The van der Waals surface area contributed by atoms with E-state index in [0.29, 0.717) is 5.16 Å². The molecule has 1 unspecified atom stereocenters. The highest BCUT2D eigenvalue weighted by Gasteiger charge is 2.23. The van der Waals surface area contributed by atoms with Gasteiger partial charge in [-0.1, -0.05) is 72.4 Å². The summed E-state index contributed by atoms with van der Waals surface area (Å²) in [5.74, 6) is -0.717. The molecule has 1 heterocycles. The monoisotopic (exact) mass is 436 g/mol. The van der Waals surface area contributed by atoms with Crippen molar-refractivity contribution in [1.82, 2.24) is 15.3 Å². The lowest BCUT2D eigenvalue weighted by atomic mass is 9.98. The van der Waals surface area contributed by atoms with Gasteiger partial charge in [0.05, 0.1) is 17.9 Å². The zero-order valence-corrected chi connectivity index (χ0v) is 18.1. The third-order valence-electron chi connectivity index (χ3n) is 4.50. The lowest BCUT2D eigenvalue weighted by molar-refractivity contribution is -0.120. The summed E-state index contributed by atoms with van der Waals surface area (Å²) in [6, 6.07) is 19.3. The molecule has 3 rings (SSSR count). The van der Waals surface area contributed by atoms with E-state index < -0.39 is 11.2 Å². The average molecular weight is 437 g/mol. The number of hydrogen-bond donors (Lipinski definition) is 2. The maximum absolute atomic E-state index is 13.0. The predicted octanol–water partition coefficient (Wildman–Crippen LogP) is 3.62. The van der Waals surface area contributed by atoms with Gasteiger partial charge >= 0.3 is 5.97 Å². The van der Waals surface area contributed by atoms with E-state index in [0.717, 1.165) is 11.1 Å². The van der Waals surface area contributed by atoms with Crippen LogP contribution in [0.4, 0.5) is 5.82 Å². The van der Waals surface area contributed by atoms with Crippen LogP contribution in [-0.4, -0.2) is 33.7 Å². The molecule has 0 aliphatic rings. The molecule has 0 aliphatic carbocycles. The maximum atomic E-state index is 13.0.